The molecule has 72 heavy (non-hydrogen) atoms. The van der Waals surface area contributed by atoms with Gasteiger partial charge in [0.05, 0.1) is 0 Å². The van der Waals surface area contributed by atoms with Gasteiger partial charge in [-0.15, -0.1) is 0 Å². The Morgan fingerprint density at radius 3 is 0.167 bits per heavy atom. The highest BCUT2D eigenvalue weighted by atomic mass is 31.2. The number of nitrogens with zero attached hydrogens (tertiary/aromatic N) is 12. The summed E-state index contributed by atoms with van der Waals surface area (Å²) in [5.41, 5.74) is 0. The van der Waals surface area contributed by atoms with Crippen molar-refractivity contribution in [3.05, 3.63) is 0 Å². The molecule has 12 unspecified atom stereocenters. The predicted octanol–water partition coefficient (Wildman–Crippen LogP) is 5.06. The molecule has 0 aliphatic carbocycles. The standard InChI is InChI=1S/12C2H8NP.6FH2O2P/c12*1-3(2)4;6*1-4(2)3/h12*4H2,1-2H3;6*2-3H. The van der Waals surface area contributed by atoms with Gasteiger partial charge in [0, 0.05) is 0 Å². The van der Waals surface area contributed by atoms with Crippen LogP contribution in [0.15, 0.2) is 0 Å². The fourth-order valence-corrected chi connectivity index (χ4v) is 0. The zero-order chi connectivity index (χ0) is 64.4. The molecule has 12 atom stereocenters. The van der Waals surface area contributed by atoms with Crippen LogP contribution in [0.1, 0.15) is 0 Å². The summed E-state index contributed by atoms with van der Waals surface area (Å²) in [5, 5.41) is 0. The van der Waals surface area contributed by atoms with Crippen molar-refractivity contribution in [2.24, 2.45) is 0 Å². The Morgan fingerprint density at radius 1 is 0.167 bits per heavy atom. The predicted molar refractivity (Wildman–Crippen MR) is 356 cm³/mol. The van der Waals surface area contributed by atoms with Crippen molar-refractivity contribution in [2.45, 2.75) is 0 Å². The molecule has 24 nitrogen and oxygen atoms in total. The molecule has 0 fully saturated rings. The zero-order valence-electron chi connectivity index (χ0n) is 46.6. The van der Waals surface area contributed by atoms with Crippen molar-refractivity contribution in [1.29, 1.82) is 0 Å². The number of hydrogen-bond donors (Lipinski definition) is 12. The van der Waals surface area contributed by atoms with Crippen LogP contribution >= 0.6 is 165 Å². The molecule has 0 aromatic carbocycles. The highest BCUT2D eigenvalue weighted by Gasteiger charge is 1.83. The maximum Gasteiger partial charge on any atom is 0.369 e. The third kappa shape index (κ3) is 10700. The minimum Gasteiger partial charge on any atom is -0.325 e. The van der Waals surface area contributed by atoms with Crippen LogP contribution in [-0.2, 0) is 0 Å². The molecule has 468 valence electrons. The molecule has 0 aromatic rings. The SMILES string of the molecule is CN(C)P.CN(C)P.CN(C)P.CN(C)P.CN(C)P.CN(C)P.CN(C)P.CN(C)P.CN(C)P.CN(C)P.CN(C)P.CN(C)P.OP(O)F.OP(O)F.OP(O)F.OP(O)F.OP(O)F.OP(O)F. The molecule has 12 N–H and O–H groups in total. The van der Waals surface area contributed by atoms with Gasteiger partial charge in [0.1, 0.15) is 0 Å². The van der Waals surface area contributed by atoms with Gasteiger partial charge in [-0.1, -0.05) is 113 Å². The molecular formula is C24H108F6N12O12P18. The topological polar surface area (TPSA) is 282 Å². The second kappa shape index (κ2) is 124. The van der Waals surface area contributed by atoms with Crippen LogP contribution in [0.25, 0.3) is 0 Å². The summed E-state index contributed by atoms with van der Waals surface area (Å²) in [7, 11) is 58.3. The quantitative estimate of drug-likeness (QED) is 0.112. The van der Waals surface area contributed by atoms with E-state index in [-0.39, 0.29) is 0 Å². The highest BCUT2D eigenvalue weighted by Crippen LogP contribution is 2.24. The first-order valence-corrected chi connectivity index (χ1v) is 30.3. The van der Waals surface area contributed by atoms with Crippen LogP contribution in [0.5, 0.6) is 0 Å². The zero-order valence-corrected chi connectivity index (χ0v) is 65.8. The number of rotatable bonds is 0. The molecule has 0 saturated heterocycles. The summed E-state index contributed by atoms with van der Waals surface area (Å²) >= 11 is 0. The van der Waals surface area contributed by atoms with E-state index < -0.39 is 52.1 Å². The number of hydrogen-bond acceptors (Lipinski definition) is 24. The van der Waals surface area contributed by atoms with E-state index in [1.165, 1.54) is 0 Å². The molecule has 0 rings (SSSR count). The average Bonchev–Trinajstić information content (AvgIpc) is 2.91. The van der Waals surface area contributed by atoms with Crippen molar-refractivity contribution in [2.75, 3.05) is 169 Å². The lowest BCUT2D eigenvalue weighted by atomic mass is 11.3. The van der Waals surface area contributed by atoms with E-state index in [9.17, 15) is 25.2 Å². The first-order chi connectivity index (χ1) is 31.2. The molecule has 0 radical (unpaired) electrons. The normalized spacial score (nSPS) is 9.00. The molecule has 0 amide bonds. The van der Waals surface area contributed by atoms with Crippen molar-refractivity contribution in [3.8, 4) is 0 Å². The van der Waals surface area contributed by atoms with E-state index in [1.807, 2.05) is 225 Å². The van der Waals surface area contributed by atoms with Crippen LogP contribution in [0.4, 0.5) is 25.2 Å². The van der Waals surface area contributed by atoms with Crippen molar-refractivity contribution >= 4 is 165 Å². The largest absolute Gasteiger partial charge is 0.369 e. The first-order valence-electron chi connectivity index (χ1n) is 17.2. The molecule has 0 spiro atoms. The summed E-state index contributed by atoms with van der Waals surface area (Å²) in [6.07, 6.45) is 0. The van der Waals surface area contributed by atoms with E-state index >= 15 is 0 Å². The second-order valence-corrected chi connectivity index (χ2v) is 28.3. The number of halogens is 6. The summed E-state index contributed by atoms with van der Waals surface area (Å²) < 4.78 is 84.1. The Kier molecular flexibility index (Phi) is 221. The monoisotopic (exact) mass is 1430 g/mol. The maximum atomic E-state index is 10.2. The summed E-state index contributed by atoms with van der Waals surface area (Å²) in [5.74, 6) is 0. The van der Waals surface area contributed by atoms with Gasteiger partial charge >= 0.3 is 52.1 Å². The van der Waals surface area contributed by atoms with Crippen LogP contribution in [0, 0.1) is 0 Å². The first kappa shape index (κ1) is 129. The van der Waals surface area contributed by atoms with Gasteiger partial charge in [0.15, 0.2) is 0 Å². The molecule has 0 bridgehead atoms. The molecule has 0 aromatic heterocycles. The van der Waals surface area contributed by atoms with Gasteiger partial charge < -0.3 is 58.7 Å². The van der Waals surface area contributed by atoms with Crippen LogP contribution < -0.4 is 0 Å². The molecular weight excluding hydrogens is 1320 g/mol. The van der Waals surface area contributed by atoms with Gasteiger partial charge in [-0.05, 0) is 169 Å². The smallest absolute Gasteiger partial charge is 0.325 e. The second-order valence-electron chi connectivity index (χ2n) is 13.0. The Labute approximate surface area is 471 Å². The van der Waals surface area contributed by atoms with Crippen LogP contribution in [0.2, 0.25) is 0 Å². The average molecular weight is 1430 g/mol. The minimum absolute atomic E-state index is 1.92. The van der Waals surface area contributed by atoms with E-state index in [4.69, 9.17) is 58.7 Å². The minimum atomic E-state index is -3.12. The third-order valence-electron chi connectivity index (χ3n) is 0. The fraction of sp³-hybridized carbons (Fsp3) is 1.00. The molecule has 0 aliphatic rings. The molecule has 0 saturated carbocycles. The van der Waals surface area contributed by atoms with Gasteiger partial charge in [0.2, 0.25) is 0 Å². The van der Waals surface area contributed by atoms with Crippen molar-refractivity contribution in [1.82, 2.24) is 56.0 Å². The lowest BCUT2D eigenvalue weighted by molar-refractivity contribution is 0.426. The third-order valence-corrected chi connectivity index (χ3v) is 0. The van der Waals surface area contributed by atoms with Crippen molar-refractivity contribution in [3.63, 3.8) is 0 Å². The Balaban J connectivity index is -0.0000000268. The molecule has 0 aliphatic heterocycles. The Morgan fingerprint density at radius 2 is 0.167 bits per heavy atom. The van der Waals surface area contributed by atoms with Gasteiger partial charge in [-0.2, -0.15) is 25.2 Å². The van der Waals surface area contributed by atoms with Crippen molar-refractivity contribution < 1.29 is 83.9 Å². The van der Waals surface area contributed by atoms with E-state index in [1.54, 1.807) is 0 Å². The van der Waals surface area contributed by atoms with Gasteiger partial charge in [-0.25, -0.2) is 0 Å². The summed E-state index contributed by atoms with van der Waals surface area (Å²) in [6, 6.07) is 0. The van der Waals surface area contributed by atoms with E-state index in [0.717, 1.165) is 0 Å². The Bertz CT molecular complexity index is 468. The fourth-order valence-electron chi connectivity index (χ4n) is 0. The van der Waals surface area contributed by atoms with E-state index in [0.29, 0.717) is 0 Å². The van der Waals surface area contributed by atoms with Gasteiger partial charge in [0.25, 0.3) is 0 Å². The lowest BCUT2D eigenvalue weighted by Gasteiger charge is -1.90. The highest BCUT2D eigenvalue weighted by molar-refractivity contribution is 7.40. The van der Waals surface area contributed by atoms with Crippen LogP contribution in [0.3, 0.4) is 0 Å². The van der Waals surface area contributed by atoms with Gasteiger partial charge in [-0.3, -0.25) is 56.0 Å². The molecule has 48 heteroatoms. The Hall–Kier alpha value is 6.36. The van der Waals surface area contributed by atoms with E-state index in [2.05, 4.69) is 113 Å². The maximum absolute atomic E-state index is 10.2. The lowest BCUT2D eigenvalue weighted by Crippen LogP contribution is -1.88. The summed E-state index contributed by atoms with van der Waals surface area (Å²) in [6.45, 7) is 0. The summed E-state index contributed by atoms with van der Waals surface area (Å²) in [4.78, 5) is 84.1. The van der Waals surface area contributed by atoms with Crippen LogP contribution in [-0.4, -0.2) is 284 Å². The molecule has 0 heterocycles.